The topological polar surface area (TPSA) is 120 Å². The Balaban J connectivity index is 1.62. The van der Waals surface area contributed by atoms with E-state index in [-0.39, 0.29) is 29.1 Å². The molecule has 0 radical (unpaired) electrons. The molecule has 29 heavy (non-hydrogen) atoms. The molecule has 2 N–H and O–H groups in total. The van der Waals surface area contributed by atoms with Gasteiger partial charge < -0.3 is 14.8 Å². The van der Waals surface area contributed by atoms with Crippen LogP contribution in [0.3, 0.4) is 0 Å². The molecule has 0 unspecified atom stereocenters. The Bertz CT molecular complexity index is 1070. The number of nitrogens with zero attached hydrogens (tertiary/aromatic N) is 2. The number of hydrogen-bond donors (Lipinski definition) is 2. The minimum atomic E-state index is -3.91. The fourth-order valence-corrected chi connectivity index (χ4v) is 3.32. The first-order chi connectivity index (χ1) is 14.0. The number of sulfonamides is 1. The van der Waals surface area contributed by atoms with Crippen LogP contribution in [-0.4, -0.2) is 38.0 Å². The van der Waals surface area contributed by atoms with E-state index in [0.29, 0.717) is 11.4 Å². The van der Waals surface area contributed by atoms with Crippen molar-refractivity contribution in [2.24, 2.45) is 0 Å². The molecule has 1 aromatic heterocycles. The van der Waals surface area contributed by atoms with E-state index in [1.165, 1.54) is 43.8 Å². The van der Waals surface area contributed by atoms with Gasteiger partial charge in [-0.2, -0.15) is 0 Å². The van der Waals surface area contributed by atoms with E-state index >= 15 is 0 Å². The quantitative estimate of drug-likeness (QED) is 0.580. The number of benzene rings is 2. The number of aromatic nitrogens is 2. The highest BCUT2D eigenvalue weighted by atomic mass is 32.2. The number of carbonyl (C=O) groups is 1. The zero-order valence-electron chi connectivity index (χ0n) is 15.4. The molecule has 0 fully saturated rings. The van der Waals surface area contributed by atoms with Crippen LogP contribution in [0.2, 0.25) is 0 Å². The molecule has 0 aliphatic heterocycles. The lowest BCUT2D eigenvalue weighted by molar-refractivity contribution is -0.118. The highest BCUT2D eigenvalue weighted by Gasteiger charge is 2.18. The largest absolute Gasteiger partial charge is 0.484 e. The average molecular weight is 414 g/mol. The van der Waals surface area contributed by atoms with Crippen LogP contribution in [0, 0.1) is 0 Å². The fourth-order valence-electron chi connectivity index (χ4n) is 2.31. The van der Waals surface area contributed by atoms with Crippen molar-refractivity contribution in [1.82, 2.24) is 9.97 Å². The summed E-state index contributed by atoms with van der Waals surface area (Å²) in [7, 11) is -2.55. The number of amides is 1. The first kappa shape index (κ1) is 20.1. The second kappa shape index (κ2) is 9.02. The molecule has 10 heteroatoms. The second-order valence-corrected chi connectivity index (χ2v) is 7.38. The summed E-state index contributed by atoms with van der Waals surface area (Å²) in [5, 5.41) is 2.64. The Kier molecular flexibility index (Phi) is 6.25. The molecule has 1 heterocycles. The lowest BCUT2D eigenvalue weighted by Gasteiger charge is -2.11. The summed E-state index contributed by atoms with van der Waals surface area (Å²) in [6, 6.07) is 14.6. The van der Waals surface area contributed by atoms with Crippen LogP contribution in [0.1, 0.15) is 0 Å². The van der Waals surface area contributed by atoms with Crippen molar-refractivity contribution in [3.05, 3.63) is 67.0 Å². The van der Waals surface area contributed by atoms with Gasteiger partial charge in [0.25, 0.3) is 21.8 Å². The zero-order valence-corrected chi connectivity index (χ0v) is 16.2. The van der Waals surface area contributed by atoms with Gasteiger partial charge in [0.05, 0.1) is 12.0 Å². The minimum absolute atomic E-state index is 0.0104. The average Bonchev–Trinajstić information content (AvgIpc) is 2.73. The molecule has 3 rings (SSSR count). The number of ether oxygens (including phenoxy) is 2. The highest BCUT2D eigenvalue weighted by molar-refractivity contribution is 7.92. The van der Waals surface area contributed by atoms with E-state index in [2.05, 4.69) is 20.0 Å². The summed E-state index contributed by atoms with van der Waals surface area (Å²) in [4.78, 5) is 19.8. The Morgan fingerprint density at radius 2 is 1.69 bits per heavy atom. The number of hydrogen-bond acceptors (Lipinski definition) is 7. The number of para-hydroxylation sites is 1. The zero-order chi connectivity index (χ0) is 20.7. The number of anilines is 2. The molecule has 1 amide bonds. The number of rotatable bonds is 8. The van der Waals surface area contributed by atoms with E-state index in [1.54, 1.807) is 24.3 Å². The van der Waals surface area contributed by atoms with Crippen LogP contribution in [0.5, 0.6) is 11.6 Å². The summed E-state index contributed by atoms with van der Waals surface area (Å²) in [6.07, 6.45) is 2.73. The third-order valence-corrected chi connectivity index (χ3v) is 5.01. The Morgan fingerprint density at radius 1 is 1.00 bits per heavy atom. The molecular weight excluding hydrogens is 396 g/mol. The highest BCUT2D eigenvalue weighted by Crippen LogP contribution is 2.22. The summed E-state index contributed by atoms with van der Waals surface area (Å²) in [5.41, 5.74) is 0.433. The number of nitrogens with one attached hydrogen (secondary N) is 2. The third kappa shape index (κ3) is 5.42. The molecule has 3 aromatic rings. The Hall–Kier alpha value is -3.66. The van der Waals surface area contributed by atoms with Crippen molar-refractivity contribution in [3.8, 4) is 11.6 Å². The van der Waals surface area contributed by atoms with Crippen LogP contribution >= 0.6 is 0 Å². The summed E-state index contributed by atoms with van der Waals surface area (Å²) < 4.78 is 37.7. The lowest BCUT2D eigenvalue weighted by atomic mass is 10.3. The first-order valence-electron chi connectivity index (χ1n) is 8.43. The van der Waals surface area contributed by atoms with Crippen LogP contribution in [-0.2, 0) is 14.8 Å². The van der Waals surface area contributed by atoms with Crippen molar-refractivity contribution in [2.75, 3.05) is 23.8 Å². The summed E-state index contributed by atoms with van der Waals surface area (Å²) in [6.45, 7) is -0.169. The van der Waals surface area contributed by atoms with E-state index < -0.39 is 10.0 Å². The number of methoxy groups -OCH3 is 1. The van der Waals surface area contributed by atoms with Gasteiger partial charge in [-0.3, -0.25) is 9.52 Å². The standard InChI is InChI=1S/C19H18N4O5S/c1-27-19-18(20-11-12-21-19)23-29(25,26)16-9-7-14(8-10-16)22-17(24)13-28-15-5-3-2-4-6-15/h2-12H,13H2,1H3,(H,20,23)(H,22,24). The van der Waals surface area contributed by atoms with Crippen molar-refractivity contribution >= 4 is 27.4 Å². The van der Waals surface area contributed by atoms with E-state index in [1.807, 2.05) is 6.07 Å². The van der Waals surface area contributed by atoms with E-state index in [9.17, 15) is 13.2 Å². The predicted molar refractivity (Wildman–Crippen MR) is 106 cm³/mol. The summed E-state index contributed by atoms with van der Waals surface area (Å²) >= 11 is 0. The normalized spacial score (nSPS) is 10.8. The molecule has 0 atom stereocenters. The van der Waals surface area contributed by atoms with Gasteiger partial charge in [-0.15, -0.1) is 0 Å². The molecule has 9 nitrogen and oxygen atoms in total. The van der Waals surface area contributed by atoms with Gasteiger partial charge >= 0.3 is 0 Å². The maximum Gasteiger partial charge on any atom is 0.263 e. The van der Waals surface area contributed by atoms with E-state index in [0.717, 1.165) is 0 Å². The van der Waals surface area contributed by atoms with Gasteiger partial charge in [-0.25, -0.2) is 18.4 Å². The van der Waals surface area contributed by atoms with Crippen LogP contribution in [0.15, 0.2) is 71.9 Å². The molecule has 0 spiro atoms. The van der Waals surface area contributed by atoms with Crippen LogP contribution in [0.25, 0.3) is 0 Å². The van der Waals surface area contributed by atoms with Gasteiger partial charge in [0.15, 0.2) is 6.61 Å². The molecule has 0 saturated heterocycles. The lowest BCUT2D eigenvalue weighted by Crippen LogP contribution is -2.20. The van der Waals surface area contributed by atoms with Crippen molar-refractivity contribution in [2.45, 2.75) is 4.90 Å². The summed E-state index contributed by atoms with van der Waals surface area (Å²) in [5.74, 6) is 0.241. The van der Waals surface area contributed by atoms with Crippen molar-refractivity contribution in [3.63, 3.8) is 0 Å². The fraction of sp³-hybridized carbons (Fsp3) is 0.105. The van der Waals surface area contributed by atoms with Gasteiger partial charge in [0, 0.05) is 18.1 Å². The molecule has 0 bridgehead atoms. The maximum absolute atomic E-state index is 12.5. The third-order valence-electron chi connectivity index (χ3n) is 3.65. The monoisotopic (exact) mass is 414 g/mol. The molecule has 2 aromatic carbocycles. The van der Waals surface area contributed by atoms with Crippen molar-refractivity contribution in [1.29, 1.82) is 0 Å². The van der Waals surface area contributed by atoms with Gasteiger partial charge in [-0.05, 0) is 36.4 Å². The maximum atomic E-state index is 12.5. The predicted octanol–water partition coefficient (Wildman–Crippen LogP) is 2.30. The van der Waals surface area contributed by atoms with Gasteiger partial charge in [0.1, 0.15) is 5.75 Å². The van der Waals surface area contributed by atoms with Gasteiger partial charge in [0.2, 0.25) is 5.82 Å². The second-order valence-electron chi connectivity index (χ2n) is 5.69. The van der Waals surface area contributed by atoms with Gasteiger partial charge in [-0.1, -0.05) is 18.2 Å². The molecule has 150 valence electrons. The van der Waals surface area contributed by atoms with E-state index in [4.69, 9.17) is 9.47 Å². The van der Waals surface area contributed by atoms with Crippen LogP contribution < -0.4 is 19.5 Å². The van der Waals surface area contributed by atoms with Crippen LogP contribution in [0.4, 0.5) is 11.5 Å². The SMILES string of the molecule is COc1nccnc1NS(=O)(=O)c1ccc(NC(=O)COc2ccccc2)cc1. The number of carbonyl (C=O) groups excluding carboxylic acids is 1. The smallest absolute Gasteiger partial charge is 0.263 e. The van der Waals surface area contributed by atoms with Crippen molar-refractivity contribution < 1.29 is 22.7 Å². The Labute approximate surface area is 167 Å². The molecule has 0 aliphatic carbocycles. The first-order valence-corrected chi connectivity index (χ1v) is 9.92. The molecule has 0 aliphatic rings. The Morgan fingerprint density at radius 3 is 2.38 bits per heavy atom. The molecular formula is C19H18N4O5S. The minimum Gasteiger partial charge on any atom is -0.484 e. The molecule has 0 saturated carbocycles.